The van der Waals surface area contributed by atoms with Crippen molar-refractivity contribution in [3.63, 3.8) is 0 Å². The predicted octanol–water partition coefficient (Wildman–Crippen LogP) is 13.8. The normalized spacial score (nSPS) is 12.7. The summed E-state index contributed by atoms with van der Waals surface area (Å²) in [6, 6.07) is 22.9. The molecule has 8 heteroatoms. The van der Waals surface area contributed by atoms with Gasteiger partial charge in [0.05, 0.1) is 13.9 Å². The molecular formula is C43H58O4S4. The van der Waals surface area contributed by atoms with Crippen LogP contribution in [-0.4, -0.2) is 24.5 Å². The highest BCUT2D eigenvalue weighted by Gasteiger charge is 2.31. The van der Waals surface area contributed by atoms with Crippen LogP contribution < -0.4 is 0 Å². The fourth-order valence-corrected chi connectivity index (χ4v) is 10.1. The molecule has 0 aliphatic heterocycles. The van der Waals surface area contributed by atoms with E-state index < -0.39 is 0 Å². The highest BCUT2D eigenvalue weighted by atomic mass is 33.1. The number of aromatic hydroxyl groups is 4. The number of phenolic OH excluding ortho intramolecular Hbond substituents is 4. The fraction of sp³-hybridized carbons (Fsp3) is 0.442. The molecule has 0 radical (unpaired) electrons. The first-order valence-corrected chi connectivity index (χ1v) is 21.0. The third kappa shape index (κ3) is 12.0. The van der Waals surface area contributed by atoms with Crippen LogP contribution in [0.5, 0.6) is 23.0 Å². The third-order valence-electron chi connectivity index (χ3n) is 8.08. The molecule has 0 saturated carbocycles. The quantitative estimate of drug-likeness (QED) is 0.0841. The van der Waals surface area contributed by atoms with Crippen molar-refractivity contribution < 1.29 is 20.4 Å². The van der Waals surface area contributed by atoms with Gasteiger partial charge in [-0.1, -0.05) is 107 Å². The molecule has 0 fully saturated rings. The van der Waals surface area contributed by atoms with E-state index in [1.165, 1.54) is 31.4 Å². The first-order valence-electron chi connectivity index (χ1n) is 17.2. The smallest absolute Gasteiger partial charge is 0.130 e. The maximum absolute atomic E-state index is 11.1. The summed E-state index contributed by atoms with van der Waals surface area (Å²) in [7, 11) is 2.84. The molecule has 0 atom stereocenters. The molecule has 0 saturated heterocycles. The SMILES string of the molecule is CC(C)(Sc1cc(C(C)(C)C)c(O)c(C(C)(C)C)c1)Sc1cc(C(C)(C)C)c(O)c(C(C)(C)C)c1.Oc1ccccc1SSc1ccccc1O. The highest BCUT2D eigenvalue weighted by Crippen LogP contribution is 2.51. The maximum atomic E-state index is 11.1. The lowest BCUT2D eigenvalue weighted by molar-refractivity contribution is 0.421. The van der Waals surface area contributed by atoms with E-state index in [4.69, 9.17) is 0 Å². The van der Waals surface area contributed by atoms with Crippen molar-refractivity contribution in [1.29, 1.82) is 0 Å². The van der Waals surface area contributed by atoms with Crippen molar-refractivity contribution in [3.05, 3.63) is 95.1 Å². The van der Waals surface area contributed by atoms with Crippen molar-refractivity contribution in [1.82, 2.24) is 0 Å². The maximum Gasteiger partial charge on any atom is 0.130 e. The van der Waals surface area contributed by atoms with Crippen molar-refractivity contribution in [2.45, 2.75) is 142 Å². The number of hydrogen-bond acceptors (Lipinski definition) is 8. The summed E-state index contributed by atoms with van der Waals surface area (Å²) in [6.07, 6.45) is 0. The Morgan fingerprint density at radius 2 is 0.647 bits per heavy atom. The van der Waals surface area contributed by atoms with Crippen molar-refractivity contribution in [3.8, 4) is 23.0 Å². The second-order valence-corrected chi connectivity index (χ2v) is 23.3. The van der Waals surface area contributed by atoms with Gasteiger partial charge in [0, 0.05) is 32.0 Å². The molecule has 0 unspecified atom stereocenters. The lowest BCUT2D eigenvalue weighted by Crippen LogP contribution is -2.19. The molecule has 0 aromatic heterocycles. The molecular weight excluding hydrogens is 709 g/mol. The van der Waals surface area contributed by atoms with E-state index in [1.807, 2.05) is 47.8 Å². The summed E-state index contributed by atoms with van der Waals surface area (Å²) >= 11 is 3.66. The fourth-order valence-electron chi connectivity index (χ4n) is 5.35. The van der Waals surface area contributed by atoms with E-state index in [1.54, 1.807) is 24.3 Å². The average molecular weight is 767 g/mol. The average Bonchev–Trinajstić information content (AvgIpc) is 2.97. The van der Waals surface area contributed by atoms with E-state index in [2.05, 4.69) is 121 Å². The van der Waals surface area contributed by atoms with Crippen LogP contribution in [0, 0.1) is 0 Å². The van der Waals surface area contributed by atoms with E-state index in [0.29, 0.717) is 11.5 Å². The number of para-hydroxylation sites is 2. The summed E-state index contributed by atoms with van der Waals surface area (Å²) in [5.41, 5.74) is 3.34. The molecule has 51 heavy (non-hydrogen) atoms. The van der Waals surface area contributed by atoms with Gasteiger partial charge >= 0.3 is 0 Å². The predicted molar refractivity (Wildman–Crippen MR) is 225 cm³/mol. The van der Waals surface area contributed by atoms with Crippen LogP contribution in [-0.2, 0) is 21.7 Å². The number of benzene rings is 4. The molecule has 0 aliphatic rings. The highest BCUT2D eigenvalue weighted by molar-refractivity contribution is 8.76. The third-order valence-corrected chi connectivity index (χ3v) is 13.0. The van der Waals surface area contributed by atoms with Crippen molar-refractivity contribution in [2.24, 2.45) is 0 Å². The van der Waals surface area contributed by atoms with Gasteiger partial charge in [-0.3, -0.25) is 0 Å². The van der Waals surface area contributed by atoms with Gasteiger partial charge in [0.15, 0.2) is 0 Å². The molecule has 4 N–H and O–H groups in total. The van der Waals surface area contributed by atoms with Gasteiger partial charge < -0.3 is 20.4 Å². The summed E-state index contributed by atoms with van der Waals surface area (Å²) in [6.45, 7) is 30.4. The summed E-state index contributed by atoms with van der Waals surface area (Å²) in [5.74, 6) is 1.36. The van der Waals surface area contributed by atoms with Gasteiger partial charge in [-0.2, -0.15) is 0 Å². The van der Waals surface area contributed by atoms with Gasteiger partial charge in [0.1, 0.15) is 23.0 Å². The Kier molecular flexibility index (Phi) is 13.7. The van der Waals surface area contributed by atoms with Crippen LogP contribution in [0.25, 0.3) is 0 Å². The van der Waals surface area contributed by atoms with Crippen LogP contribution in [0.4, 0.5) is 0 Å². The van der Waals surface area contributed by atoms with Gasteiger partial charge in [-0.05, 0) is 106 Å². The molecule has 4 rings (SSSR count). The largest absolute Gasteiger partial charge is 0.507 e. The van der Waals surface area contributed by atoms with Gasteiger partial charge in [-0.15, -0.1) is 23.5 Å². The van der Waals surface area contributed by atoms with Crippen LogP contribution in [0.15, 0.2) is 92.4 Å². The minimum absolute atomic E-state index is 0.155. The van der Waals surface area contributed by atoms with E-state index >= 15 is 0 Å². The minimum atomic E-state index is -0.164. The lowest BCUT2D eigenvalue weighted by atomic mass is 9.79. The zero-order valence-electron chi connectivity index (χ0n) is 32.9. The van der Waals surface area contributed by atoms with Crippen LogP contribution >= 0.6 is 45.1 Å². The summed E-state index contributed by atoms with van der Waals surface area (Å²) in [5, 5.41) is 41.4. The Morgan fingerprint density at radius 1 is 0.392 bits per heavy atom. The van der Waals surface area contributed by atoms with E-state index in [-0.39, 0.29) is 37.2 Å². The molecule has 0 bridgehead atoms. The van der Waals surface area contributed by atoms with E-state index in [0.717, 1.165) is 32.0 Å². The first kappa shape index (κ1) is 42.9. The van der Waals surface area contributed by atoms with Crippen molar-refractivity contribution >= 4 is 45.1 Å². The van der Waals surface area contributed by atoms with Crippen LogP contribution in [0.3, 0.4) is 0 Å². The van der Waals surface area contributed by atoms with Crippen LogP contribution in [0.1, 0.15) is 119 Å². The number of phenols is 4. The second kappa shape index (κ2) is 16.2. The number of hydrogen-bond donors (Lipinski definition) is 4. The Morgan fingerprint density at radius 3 is 0.882 bits per heavy atom. The molecule has 278 valence electrons. The zero-order valence-corrected chi connectivity index (χ0v) is 36.1. The first-order chi connectivity index (χ1) is 23.2. The molecule has 4 nitrogen and oxygen atoms in total. The Bertz CT molecular complexity index is 1600. The number of thioether (sulfide) groups is 2. The van der Waals surface area contributed by atoms with Crippen LogP contribution in [0.2, 0.25) is 0 Å². The zero-order chi connectivity index (χ0) is 38.7. The molecule has 4 aromatic rings. The van der Waals surface area contributed by atoms with E-state index in [9.17, 15) is 20.4 Å². The summed E-state index contributed by atoms with van der Waals surface area (Å²) in [4.78, 5) is 3.91. The summed E-state index contributed by atoms with van der Waals surface area (Å²) < 4.78 is -0.164. The standard InChI is InChI=1S/C31H48O2S2.C12H10O2S2/c1-27(2,3)21-15-19(16-22(25(21)32)28(4,5)6)34-31(13,14)35-20-17-23(29(7,8)9)26(33)24(18-20)30(10,11)12;13-9-5-1-3-7-11(9)15-16-12-8-4-2-6-10(12)14/h15-18,32-33H,1-14H3;1-8,13-14H. The van der Waals surface area contributed by atoms with Crippen molar-refractivity contribution in [2.75, 3.05) is 0 Å². The number of rotatable bonds is 7. The molecule has 0 amide bonds. The topological polar surface area (TPSA) is 80.9 Å². The molecule has 0 heterocycles. The lowest BCUT2D eigenvalue weighted by Gasteiger charge is -2.31. The minimum Gasteiger partial charge on any atom is -0.507 e. The van der Waals surface area contributed by atoms with Gasteiger partial charge in [0.25, 0.3) is 0 Å². The molecule has 0 spiro atoms. The second-order valence-electron chi connectivity index (χ2n) is 17.4. The van der Waals surface area contributed by atoms with Gasteiger partial charge in [-0.25, -0.2) is 0 Å². The van der Waals surface area contributed by atoms with Gasteiger partial charge in [0.2, 0.25) is 0 Å². The molecule has 4 aromatic carbocycles. The Hall–Kier alpha value is -2.52. The Balaban J connectivity index is 0.000000362. The molecule has 0 aliphatic carbocycles. The Labute approximate surface area is 324 Å². The monoisotopic (exact) mass is 766 g/mol.